The van der Waals surface area contributed by atoms with Crippen LogP contribution < -0.4 is 10.6 Å². The minimum atomic E-state index is 0.554. The van der Waals surface area contributed by atoms with Gasteiger partial charge >= 0.3 is 0 Å². The van der Waals surface area contributed by atoms with Gasteiger partial charge in [-0.25, -0.2) is 9.97 Å². The minimum Gasteiger partial charge on any atom is -0.383 e. The molecule has 1 aliphatic heterocycles. The Balaban J connectivity index is 1.83. The molecule has 2 fully saturated rings. The van der Waals surface area contributed by atoms with Crippen molar-refractivity contribution in [3.8, 4) is 0 Å². The second-order valence-corrected chi connectivity index (χ2v) is 5.61. The largest absolute Gasteiger partial charge is 0.383 e. The highest BCUT2D eigenvalue weighted by Crippen LogP contribution is 2.39. The van der Waals surface area contributed by atoms with Crippen LogP contribution in [0.2, 0.25) is 0 Å². The van der Waals surface area contributed by atoms with E-state index in [-0.39, 0.29) is 0 Å². The van der Waals surface area contributed by atoms with E-state index in [1.54, 1.807) is 0 Å². The van der Waals surface area contributed by atoms with Crippen LogP contribution in [0.5, 0.6) is 0 Å². The first-order valence-electron chi connectivity index (χ1n) is 7.30. The summed E-state index contributed by atoms with van der Waals surface area (Å²) in [5.74, 6) is 3.23. The van der Waals surface area contributed by atoms with Gasteiger partial charge in [-0.2, -0.15) is 0 Å². The molecule has 0 unspecified atom stereocenters. The highest BCUT2D eigenvalue weighted by atomic mass is 15.3. The van der Waals surface area contributed by atoms with E-state index >= 15 is 0 Å². The molecule has 19 heavy (non-hydrogen) atoms. The van der Waals surface area contributed by atoms with Gasteiger partial charge in [0.1, 0.15) is 17.5 Å². The van der Waals surface area contributed by atoms with Crippen LogP contribution in [-0.2, 0) is 0 Å². The Morgan fingerprint density at radius 3 is 2.42 bits per heavy atom. The van der Waals surface area contributed by atoms with E-state index in [0.29, 0.717) is 11.7 Å². The van der Waals surface area contributed by atoms with Crippen molar-refractivity contribution in [1.82, 2.24) is 14.9 Å². The molecule has 1 aliphatic carbocycles. The van der Waals surface area contributed by atoms with Crippen molar-refractivity contribution in [2.24, 2.45) is 0 Å². The molecule has 0 amide bonds. The number of rotatable bonds is 3. The molecule has 3 rings (SSSR count). The number of anilines is 2. The van der Waals surface area contributed by atoms with Crippen LogP contribution in [0.25, 0.3) is 0 Å². The summed E-state index contributed by atoms with van der Waals surface area (Å²) in [6.07, 6.45) is 2.43. The van der Waals surface area contributed by atoms with Crippen molar-refractivity contribution in [2.45, 2.75) is 32.6 Å². The van der Waals surface area contributed by atoms with Crippen molar-refractivity contribution in [3.63, 3.8) is 0 Å². The van der Waals surface area contributed by atoms with E-state index < -0.39 is 0 Å². The van der Waals surface area contributed by atoms with Gasteiger partial charge < -0.3 is 15.5 Å². The molecule has 1 aromatic heterocycles. The first-order chi connectivity index (χ1) is 9.19. The number of nitrogen functional groups attached to an aromatic ring is 1. The van der Waals surface area contributed by atoms with Gasteiger partial charge in [-0.3, -0.25) is 0 Å². The zero-order valence-electron chi connectivity index (χ0n) is 11.9. The summed E-state index contributed by atoms with van der Waals surface area (Å²) in [5.41, 5.74) is 7.10. The number of nitrogens with two attached hydrogens (primary N) is 1. The maximum atomic E-state index is 6.06. The first kappa shape index (κ1) is 12.7. The van der Waals surface area contributed by atoms with Crippen LogP contribution in [0.3, 0.4) is 0 Å². The Morgan fingerprint density at radius 2 is 1.84 bits per heavy atom. The van der Waals surface area contributed by atoms with Crippen molar-refractivity contribution in [3.05, 3.63) is 11.4 Å². The van der Waals surface area contributed by atoms with E-state index in [2.05, 4.69) is 21.7 Å². The number of likely N-dealkylation sites (N-methyl/N-ethyl adjacent to an activating group) is 1. The van der Waals surface area contributed by atoms with Crippen molar-refractivity contribution in [1.29, 1.82) is 0 Å². The summed E-state index contributed by atoms with van der Waals surface area (Å²) >= 11 is 0. The van der Waals surface area contributed by atoms with Gasteiger partial charge in [0, 0.05) is 37.7 Å². The molecular weight excluding hydrogens is 238 g/mol. The predicted molar refractivity (Wildman–Crippen MR) is 77.5 cm³/mol. The molecule has 1 saturated heterocycles. The Morgan fingerprint density at radius 1 is 1.16 bits per heavy atom. The summed E-state index contributed by atoms with van der Waals surface area (Å²) in [6, 6.07) is 0. The third-order valence-corrected chi connectivity index (χ3v) is 4.24. The fourth-order valence-corrected chi connectivity index (χ4v) is 2.65. The maximum Gasteiger partial charge on any atom is 0.137 e. The molecular formula is C14H23N5. The summed E-state index contributed by atoms with van der Waals surface area (Å²) in [6.45, 7) is 9.68. The normalized spacial score (nSPS) is 20.8. The van der Waals surface area contributed by atoms with Gasteiger partial charge in [-0.15, -0.1) is 0 Å². The average Bonchev–Trinajstić information content (AvgIpc) is 3.26. The molecule has 0 atom stereocenters. The number of piperazine rings is 1. The highest BCUT2D eigenvalue weighted by Gasteiger charge is 2.29. The lowest BCUT2D eigenvalue weighted by Gasteiger charge is -2.35. The summed E-state index contributed by atoms with van der Waals surface area (Å²) in [4.78, 5) is 14.1. The number of nitrogens with zero attached hydrogens (tertiary/aromatic N) is 4. The summed E-state index contributed by atoms with van der Waals surface area (Å²) in [5, 5.41) is 0. The third-order valence-electron chi connectivity index (χ3n) is 4.24. The SMILES string of the molecule is CCN1CCN(c2nc(C3CC3)nc(N)c2C)CC1. The molecule has 1 saturated carbocycles. The lowest BCUT2D eigenvalue weighted by molar-refractivity contribution is 0.270. The molecule has 104 valence electrons. The Hall–Kier alpha value is -1.36. The van der Waals surface area contributed by atoms with Crippen LogP contribution in [0.4, 0.5) is 11.6 Å². The van der Waals surface area contributed by atoms with E-state index in [4.69, 9.17) is 10.7 Å². The molecule has 0 bridgehead atoms. The van der Waals surface area contributed by atoms with E-state index in [0.717, 1.165) is 49.9 Å². The smallest absolute Gasteiger partial charge is 0.137 e. The molecule has 1 aromatic rings. The molecule has 0 spiro atoms. The molecule has 2 heterocycles. The van der Waals surface area contributed by atoms with Crippen molar-refractivity contribution >= 4 is 11.6 Å². The zero-order valence-corrected chi connectivity index (χ0v) is 11.9. The Labute approximate surface area is 114 Å². The topological polar surface area (TPSA) is 58.3 Å². The molecule has 5 heteroatoms. The summed E-state index contributed by atoms with van der Waals surface area (Å²) in [7, 11) is 0. The molecule has 0 aromatic carbocycles. The molecule has 5 nitrogen and oxygen atoms in total. The van der Waals surface area contributed by atoms with E-state index in [9.17, 15) is 0 Å². The van der Waals surface area contributed by atoms with Gasteiger partial charge in [-0.05, 0) is 26.3 Å². The maximum absolute atomic E-state index is 6.06. The third kappa shape index (κ3) is 2.52. The van der Waals surface area contributed by atoms with Crippen LogP contribution in [0.1, 0.15) is 37.1 Å². The van der Waals surface area contributed by atoms with E-state index in [1.807, 2.05) is 6.92 Å². The van der Waals surface area contributed by atoms with Gasteiger partial charge in [0.25, 0.3) is 0 Å². The minimum absolute atomic E-state index is 0.554. The molecule has 2 N–H and O–H groups in total. The standard InChI is InChI=1S/C14H23N5/c1-3-18-6-8-19(9-7-18)14-10(2)12(15)16-13(17-14)11-4-5-11/h11H,3-9H2,1-2H3,(H2,15,16,17). The van der Waals surface area contributed by atoms with Crippen LogP contribution in [0.15, 0.2) is 0 Å². The second-order valence-electron chi connectivity index (χ2n) is 5.61. The van der Waals surface area contributed by atoms with Gasteiger partial charge in [0.2, 0.25) is 0 Å². The Kier molecular flexibility index (Phi) is 3.31. The summed E-state index contributed by atoms with van der Waals surface area (Å²) < 4.78 is 0. The van der Waals surface area contributed by atoms with Gasteiger partial charge in [0.05, 0.1) is 0 Å². The fourth-order valence-electron chi connectivity index (χ4n) is 2.65. The molecule has 2 aliphatic rings. The monoisotopic (exact) mass is 261 g/mol. The number of hydrogen-bond donors (Lipinski definition) is 1. The highest BCUT2D eigenvalue weighted by molar-refractivity contribution is 5.57. The number of aromatic nitrogens is 2. The van der Waals surface area contributed by atoms with Crippen LogP contribution in [-0.4, -0.2) is 47.6 Å². The van der Waals surface area contributed by atoms with Crippen LogP contribution in [0, 0.1) is 6.92 Å². The number of hydrogen-bond acceptors (Lipinski definition) is 5. The van der Waals surface area contributed by atoms with E-state index in [1.165, 1.54) is 12.8 Å². The average molecular weight is 261 g/mol. The first-order valence-corrected chi connectivity index (χ1v) is 7.30. The van der Waals surface area contributed by atoms with Gasteiger partial charge in [0.15, 0.2) is 0 Å². The fraction of sp³-hybridized carbons (Fsp3) is 0.714. The van der Waals surface area contributed by atoms with Crippen LogP contribution >= 0.6 is 0 Å². The molecule has 0 radical (unpaired) electrons. The lowest BCUT2D eigenvalue weighted by atomic mass is 10.2. The zero-order chi connectivity index (χ0) is 13.4. The Bertz CT molecular complexity index is 461. The second kappa shape index (κ2) is 4.96. The lowest BCUT2D eigenvalue weighted by Crippen LogP contribution is -2.46. The van der Waals surface area contributed by atoms with Crippen molar-refractivity contribution in [2.75, 3.05) is 43.4 Å². The van der Waals surface area contributed by atoms with Crippen molar-refractivity contribution < 1.29 is 0 Å². The predicted octanol–water partition coefficient (Wildman–Crippen LogP) is 1.39. The quantitative estimate of drug-likeness (QED) is 0.891. The van der Waals surface area contributed by atoms with Gasteiger partial charge in [-0.1, -0.05) is 6.92 Å².